The Morgan fingerprint density at radius 2 is 2.00 bits per heavy atom. The predicted octanol–water partition coefficient (Wildman–Crippen LogP) is 3.45. The zero-order valence-electron chi connectivity index (χ0n) is 17.4. The number of sulfonamides is 1. The van der Waals surface area contributed by atoms with E-state index in [1.165, 1.54) is 10.4 Å². The van der Waals surface area contributed by atoms with Crippen molar-refractivity contribution in [2.45, 2.75) is 55.8 Å². The number of primary amides is 1. The lowest BCUT2D eigenvalue weighted by Gasteiger charge is -2.34. The van der Waals surface area contributed by atoms with Crippen LogP contribution in [0, 0.1) is 11.8 Å². The van der Waals surface area contributed by atoms with Crippen molar-refractivity contribution in [1.29, 1.82) is 0 Å². The lowest BCUT2D eigenvalue weighted by Crippen LogP contribution is -2.49. The molecular formula is C20H27BrF3N3O3S. The number of hydrogen-bond acceptors (Lipinski definition) is 4. The topological polar surface area (TPSA) is 83.7 Å². The Hall–Kier alpha value is -1.17. The average molecular weight is 526 g/mol. The number of benzene rings is 1. The van der Waals surface area contributed by atoms with E-state index < -0.39 is 33.7 Å². The number of halogens is 4. The number of likely N-dealkylation sites (N-methyl/N-ethyl adjacent to an activating group) is 1. The normalized spacial score (nSPS) is 25.7. The maximum Gasteiger partial charge on any atom is 0.417 e. The third kappa shape index (κ3) is 4.79. The highest BCUT2D eigenvalue weighted by Crippen LogP contribution is 2.43. The molecule has 2 fully saturated rings. The van der Waals surface area contributed by atoms with Crippen LogP contribution in [-0.2, 0) is 21.0 Å². The molecule has 2 aliphatic rings. The van der Waals surface area contributed by atoms with Gasteiger partial charge in [0, 0.05) is 23.6 Å². The van der Waals surface area contributed by atoms with Crippen molar-refractivity contribution in [3.63, 3.8) is 0 Å². The summed E-state index contributed by atoms with van der Waals surface area (Å²) in [5.41, 5.74) is 4.56. The predicted molar refractivity (Wildman–Crippen MR) is 114 cm³/mol. The summed E-state index contributed by atoms with van der Waals surface area (Å²) < 4.78 is 67.1. The van der Waals surface area contributed by atoms with Crippen LogP contribution in [0.3, 0.4) is 0 Å². The number of carbonyl (C=O) groups excluding carboxylic acids is 1. The lowest BCUT2D eigenvalue weighted by molar-refractivity contribution is -0.138. The second-order valence-electron chi connectivity index (χ2n) is 8.40. The third-order valence-electron chi connectivity index (χ3n) is 6.57. The third-order valence-corrected chi connectivity index (χ3v) is 9.09. The highest BCUT2D eigenvalue weighted by molar-refractivity contribution is 9.10. The number of alkyl halides is 3. The molecule has 31 heavy (non-hydrogen) atoms. The van der Waals surface area contributed by atoms with Crippen molar-refractivity contribution in [2.24, 2.45) is 17.6 Å². The van der Waals surface area contributed by atoms with Gasteiger partial charge in [-0.15, -0.1) is 0 Å². The van der Waals surface area contributed by atoms with Crippen LogP contribution in [0.25, 0.3) is 0 Å². The number of nitrogens with two attached hydrogens (primary N) is 1. The molecule has 1 aliphatic carbocycles. The second kappa shape index (κ2) is 8.99. The van der Waals surface area contributed by atoms with Crippen LogP contribution in [0.1, 0.15) is 38.2 Å². The van der Waals surface area contributed by atoms with Gasteiger partial charge in [-0.2, -0.15) is 17.5 Å². The van der Waals surface area contributed by atoms with Crippen molar-refractivity contribution < 1.29 is 26.4 Å². The monoisotopic (exact) mass is 525 g/mol. The van der Waals surface area contributed by atoms with Crippen molar-refractivity contribution in [2.75, 3.05) is 20.1 Å². The minimum atomic E-state index is -4.66. The van der Waals surface area contributed by atoms with Crippen molar-refractivity contribution in [3.8, 4) is 0 Å². The second-order valence-corrected chi connectivity index (χ2v) is 11.2. The molecule has 1 saturated carbocycles. The van der Waals surface area contributed by atoms with E-state index in [4.69, 9.17) is 5.73 Å². The Balaban J connectivity index is 1.82. The number of nitrogens with zero attached hydrogens (tertiary/aromatic N) is 2. The fraction of sp³-hybridized carbons (Fsp3) is 0.650. The van der Waals surface area contributed by atoms with Crippen LogP contribution in [0.4, 0.5) is 13.2 Å². The summed E-state index contributed by atoms with van der Waals surface area (Å²) in [5.74, 6) is -0.282. The van der Waals surface area contributed by atoms with Crippen LogP contribution >= 0.6 is 15.9 Å². The molecule has 2 N–H and O–H groups in total. The molecule has 1 aromatic carbocycles. The molecule has 11 heteroatoms. The van der Waals surface area contributed by atoms with Crippen LogP contribution in [0.15, 0.2) is 27.6 Å². The van der Waals surface area contributed by atoms with E-state index >= 15 is 0 Å². The van der Waals surface area contributed by atoms with Crippen LogP contribution in [0.5, 0.6) is 0 Å². The molecule has 0 radical (unpaired) electrons. The minimum absolute atomic E-state index is 0.00454. The summed E-state index contributed by atoms with van der Waals surface area (Å²) in [6, 6.07) is 2.58. The Morgan fingerprint density at radius 3 is 2.58 bits per heavy atom. The standard InChI is InChI=1S/C20H27BrF3N3O3S/c1-3-4-18(19(25)28)26(2)17-8-5-12-10-27(11-14(12)17)31(29,30)13-6-7-16(21)15(9-13)20(22,23)24/h6-7,9,12,14,17-18H,3-5,8,10-11H2,1-2H3,(H2,25,28)/t12-,14+,17+,18+/m1/s1. The zero-order chi connectivity index (χ0) is 23.1. The lowest BCUT2D eigenvalue weighted by atomic mass is 9.95. The molecule has 0 aromatic heterocycles. The Kier molecular flexibility index (Phi) is 7.10. The molecule has 0 bridgehead atoms. The molecule has 3 rings (SSSR count). The number of amides is 1. The molecule has 1 saturated heterocycles. The molecule has 4 atom stereocenters. The summed E-state index contributed by atoms with van der Waals surface area (Å²) >= 11 is 2.85. The van der Waals surface area contributed by atoms with Gasteiger partial charge in [0.05, 0.1) is 16.5 Å². The quantitative estimate of drug-likeness (QED) is 0.590. The van der Waals surface area contributed by atoms with Gasteiger partial charge < -0.3 is 5.73 Å². The van der Waals surface area contributed by atoms with E-state index in [2.05, 4.69) is 15.9 Å². The fourth-order valence-corrected chi connectivity index (χ4v) is 7.01. The number of rotatable bonds is 7. The highest BCUT2D eigenvalue weighted by Gasteiger charge is 2.49. The summed E-state index contributed by atoms with van der Waals surface area (Å²) in [4.78, 5) is 13.5. The zero-order valence-corrected chi connectivity index (χ0v) is 19.8. The summed E-state index contributed by atoms with van der Waals surface area (Å²) in [7, 11) is -2.23. The van der Waals surface area contributed by atoms with E-state index in [0.717, 1.165) is 25.3 Å². The van der Waals surface area contributed by atoms with E-state index in [1.54, 1.807) is 0 Å². The first-order valence-corrected chi connectivity index (χ1v) is 12.5. The Morgan fingerprint density at radius 1 is 1.32 bits per heavy atom. The van der Waals surface area contributed by atoms with E-state index in [0.29, 0.717) is 12.5 Å². The molecule has 0 unspecified atom stereocenters. The van der Waals surface area contributed by atoms with Gasteiger partial charge in [0.25, 0.3) is 0 Å². The first-order valence-electron chi connectivity index (χ1n) is 10.3. The van der Waals surface area contributed by atoms with Gasteiger partial charge in [-0.05, 0) is 56.3 Å². The van der Waals surface area contributed by atoms with Crippen LogP contribution in [0.2, 0.25) is 0 Å². The largest absolute Gasteiger partial charge is 0.417 e. The maximum absolute atomic E-state index is 13.2. The van der Waals surface area contributed by atoms with Crippen LogP contribution < -0.4 is 5.73 Å². The Labute approximate surface area is 189 Å². The molecular weight excluding hydrogens is 499 g/mol. The van der Waals surface area contributed by atoms with Crippen molar-refractivity contribution in [3.05, 3.63) is 28.2 Å². The van der Waals surface area contributed by atoms with Crippen molar-refractivity contribution in [1.82, 2.24) is 9.21 Å². The van der Waals surface area contributed by atoms with Gasteiger partial charge in [0.15, 0.2) is 0 Å². The molecule has 0 spiro atoms. The number of hydrogen-bond donors (Lipinski definition) is 1. The van der Waals surface area contributed by atoms with Gasteiger partial charge in [0.1, 0.15) is 0 Å². The molecule has 6 nitrogen and oxygen atoms in total. The Bertz CT molecular complexity index is 941. The van der Waals surface area contributed by atoms with Gasteiger partial charge in [-0.3, -0.25) is 9.69 Å². The van der Waals surface area contributed by atoms with Gasteiger partial charge in [0.2, 0.25) is 15.9 Å². The van der Waals surface area contributed by atoms with Gasteiger partial charge in [-0.25, -0.2) is 8.42 Å². The molecule has 1 aliphatic heterocycles. The smallest absolute Gasteiger partial charge is 0.368 e. The van der Waals surface area contributed by atoms with E-state index in [1.807, 2.05) is 18.9 Å². The molecule has 1 amide bonds. The number of carbonyl (C=O) groups is 1. The number of fused-ring (bicyclic) bond motifs is 1. The van der Waals surface area contributed by atoms with Gasteiger partial charge >= 0.3 is 6.18 Å². The molecule has 174 valence electrons. The van der Waals surface area contributed by atoms with E-state index in [-0.39, 0.29) is 40.3 Å². The van der Waals surface area contributed by atoms with Crippen LogP contribution in [-0.4, -0.2) is 55.8 Å². The van der Waals surface area contributed by atoms with E-state index in [9.17, 15) is 26.4 Å². The van der Waals surface area contributed by atoms with Gasteiger partial charge in [-0.1, -0.05) is 29.3 Å². The first kappa shape index (κ1) is 24.5. The molecule has 1 aromatic rings. The maximum atomic E-state index is 13.2. The molecule has 1 heterocycles. The highest BCUT2D eigenvalue weighted by atomic mass is 79.9. The fourth-order valence-electron chi connectivity index (χ4n) is 4.98. The summed E-state index contributed by atoms with van der Waals surface area (Å²) in [6.07, 6.45) is -1.60. The summed E-state index contributed by atoms with van der Waals surface area (Å²) in [5, 5.41) is 0. The minimum Gasteiger partial charge on any atom is -0.368 e. The summed E-state index contributed by atoms with van der Waals surface area (Å²) in [6.45, 7) is 2.46. The van der Waals surface area contributed by atoms with Crippen molar-refractivity contribution >= 4 is 31.9 Å². The SMILES string of the molecule is CCC[C@@H](C(N)=O)N(C)[C@H]1CC[C@@H]2CN(S(=O)(=O)c3ccc(Br)c(C(F)(F)F)c3)C[C@@H]21. The average Bonchev–Trinajstić information content (AvgIpc) is 3.25. The first-order chi connectivity index (χ1) is 14.4.